The molecule has 1 atom stereocenters. The zero-order chi connectivity index (χ0) is 12.1. The number of hydrogen-bond acceptors (Lipinski definition) is 4. The Morgan fingerprint density at radius 1 is 1.53 bits per heavy atom. The number of aromatic nitrogens is 1. The minimum Gasteiger partial charge on any atom is -0.381 e. The van der Waals surface area contributed by atoms with Crippen molar-refractivity contribution in [2.24, 2.45) is 5.92 Å². The van der Waals surface area contributed by atoms with Gasteiger partial charge >= 0.3 is 0 Å². The van der Waals surface area contributed by atoms with E-state index >= 15 is 0 Å². The highest BCUT2D eigenvalue weighted by Crippen LogP contribution is 2.28. The molecule has 1 fully saturated rings. The van der Waals surface area contributed by atoms with E-state index < -0.39 is 0 Å². The lowest BCUT2D eigenvalue weighted by Gasteiger charge is -2.26. The first-order valence-electron chi connectivity index (χ1n) is 6.52. The first kappa shape index (κ1) is 13.0. The highest BCUT2D eigenvalue weighted by atomic mass is 32.1. The summed E-state index contributed by atoms with van der Waals surface area (Å²) in [7, 11) is 0. The van der Waals surface area contributed by atoms with E-state index in [1.807, 2.05) is 0 Å². The molecule has 0 aliphatic carbocycles. The molecule has 0 radical (unpaired) electrons. The first-order valence-corrected chi connectivity index (χ1v) is 7.40. The van der Waals surface area contributed by atoms with Crippen LogP contribution in [-0.4, -0.2) is 24.7 Å². The standard InChI is InChI=1S/C13H22N2OS/c1-3-14-12(13-9-17-10(2)15-13)8-11-4-6-16-7-5-11/h9,11-12,14H,3-8H2,1-2H3. The molecule has 1 N–H and O–H groups in total. The smallest absolute Gasteiger partial charge is 0.0898 e. The average Bonchev–Trinajstić information content (AvgIpc) is 2.77. The number of rotatable bonds is 5. The van der Waals surface area contributed by atoms with E-state index in [0.29, 0.717) is 6.04 Å². The van der Waals surface area contributed by atoms with Crippen LogP contribution in [0.15, 0.2) is 5.38 Å². The third-order valence-corrected chi connectivity index (χ3v) is 4.15. The fourth-order valence-electron chi connectivity index (χ4n) is 2.41. The molecule has 17 heavy (non-hydrogen) atoms. The SMILES string of the molecule is CCNC(CC1CCOCC1)c1csc(C)n1. The van der Waals surface area contributed by atoms with Crippen molar-refractivity contribution < 1.29 is 4.74 Å². The maximum Gasteiger partial charge on any atom is 0.0898 e. The molecule has 2 rings (SSSR count). The monoisotopic (exact) mass is 254 g/mol. The Labute approximate surface area is 108 Å². The molecule has 0 amide bonds. The predicted octanol–water partition coefficient (Wildman–Crippen LogP) is 2.92. The number of hydrogen-bond donors (Lipinski definition) is 1. The maximum atomic E-state index is 5.42. The van der Waals surface area contributed by atoms with Crippen LogP contribution in [0.5, 0.6) is 0 Å². The summed E-state index contributed by atoms with van der Waals surface area (Å²) in [5.74, 6) is 0.787. The Hall–Kier alpha value is -0.450. The molecule has 1 aromatic rings. The summed E-state index contributed by atoms with van der Waals surface area (Å²) in [4.78, 5) is 4.62. The molecule has 0 aromatic carbocycles. The lowest BCUT2D eigenvalue weighted by molar-refractivity contribution is 0.0604. The molecule has 0 bridgehead atoms. The quantitative estimate of drug-likeness (QED) is 0.877. The summed E-state index contributed by atoms with van der Waals surface area (Å²) < 4.78 is 5.42. The lowest BCUT2D eigenvalue weighted by Crippen LogP contribution is -2.26. The summed E-state index contributed by atoms with van der Waals surface area (Å²) in [6, 6.07) is 0.424. The number of thiazole rings is 1. The molecule has 1 aromatic heterocycles. The van der Waals surface area contributed by atoms with Gasteiger partial charge in [-0.05, 0) is 38.6 Å². The molecule has 3 nitrogen and oxygen atoms in total. The van der Waals surface area contributed by atoms with Crippen molar-refractivity contribution in [3.8, 4) is 0 Å². The van der Waals surface area contributed by atoms with Crippen molar-refractivity contribution in [3.63, 3.8) is 0 Å². The van der Waals surface area contributed by atoms with Gasteiger partial charge in [0, 0.05) is 18.6 Å². The zero-order valence-corrected chi connectivity index (χ0v) is 11.6. The van der Waals surface area contributed by atoms with Gasteiger partial charge in [-0.2, -0.15) is 0 Å². The van der Waals surface area contributed by atoms with Crippen molar-refractivity contribution in [3.05, 3.63) is 16.1 Å². The van der Waals surface area contributed by atoms with Crippen molar-refractivity contribution in [2.75, 3.05) is 19.8 Å². The van der Waals surface area contributed by atoms with Gasteiger partial charge in [0.15, 0.2) is 0 Å². The molecule has 1 aliphatic rings. The molecular formula is C13H22N2OS. The van der Waals surface area contributed by atoms with Crippen molar-refractivity contribution >= 4 is 11.3 Å². The van der Waals surface area contributed by atoms with Crippen LogP contribution in [0.1, 0.15) is 42.9 Å². The van der Waals surface area contributed by atoms with Crippen LogP contribution in [-0.2, 0) is 4.74 Å². The second-order valence-corrected chi connectivity index (χ2v) is 5.76. The number of nitrogens with one attached hydrogen (secondary N) is 1. The molecule has 0 saturated carbocycles. The van der Waals surface area contributed by atoms with Gasteiger partial charge in [0.25, 0.3) is 0 Å². The van der Waals surface area contributed by atoms with Crippen LogP contribution in [0.4, 0.5) is 0 Å². The molecular weight excluding hydrogens is 232 g/mol. The Morgan fingerprint density at radius 3 is 2.88 bits per heavy atom. The molecule has 1 saturated heterocycles. The Kier molecular flexibility index (Phi) is 4.95. The fourth-order valence-corrected chi connectivity index (χ4v) is 3.08. The van der Waals surface area contributed by atoms with Crippen LogP contribution in [0.25, 0.3) is 0 Å². The molecule has 1 aliphatic heterocycles. The van der Waals surface area contributed by atoms with E-state index in [-0.39, 0.29) is 0 Å². The van der Waals surface area contributed by atoms with Gasteiger partial charge in [-0.25, -0.2) is 4.98 Å². The van der Waals surface area contributed by atoms with E-state index in [4.69, 9.17) is 4.74 Å². The molecule has 0 spiro atoms. The molecule has 2 heterocycles. The second-order valence-electron chi connectivity index (χ2n) is 4.69. The highest BCUT2D eigenvalue weighted by molar-refractivity contribution is 7.09. The third kappa shape index (κ3) is 3.76. The maximum absolute atomic E-state index is 5.42. The average molecular weight is 254 g/mol. The van der Waals surface area contributed by atoms with Gasteiger partial charge < -0.3 is 10.1 Å². The minimum absolute atomic E-state index is 0.424. The van der Waals surface area contributed by atoms with E-state index in [0.717, 1.165) is 30.7 Å². The van der Waals surface area contributed by atoms with Crippen molar-refractivity contribution in [1.82, 2.24) is 10.3 Å². The topological polar surface area (TPSA) is 34.1 Å². The van der Waals surface area contributed by atoms with Crippen LogP contribution in [0.2, 0.25) is 0 Å². The molecule has 96 valence electrons. The zero-order valence-electron chi connectivity index (χ0n) is 10.7. The number of nitrogens with zero attached hydrogens (tertiary/aromatic N) is 1. The van der Waals surface area contributed by atoms with Gasteiger partial charge in [-0.15, -0.1) is 11.3 Å². The van der Waals surface area contributed by atoms with Crippen LogP contribution in [0, 0.1) is 12.8 Å². The summed E-state index contributed by atoms with van der Waals surface area (Å²) in [6.07, 6.45) is 3.59. The first-order chi connectivity index (χ1) is 8.29. The Bertz CT molecular complexity index is 334. The van der Waals surface area contributed by atoms with E-state index in [1.54, 1.807) is 11.3 Å². The van der Waals surface area contributed by atoms with E-state index in [9.17, 15) is 0 Å². The normalized spacial score (nSPS) is 19.4. The minimum atomic E-state index is 0.424. The molecule has 1 unspecified atom stereocenters. The van der Waals surface area contributed by atoms with Gasteiger partial charge in [0.05, 0.1) is 16.7 Å². The molecule has 4 heteroatoms. The predicted molar refractivity (Wildman–Crippen MR) is 71.4 cm³/mol. The summed E-state index contributed by atoms with van der Waals surface area (Å²) in [5, 5.41) is 6.92. The van der Waals surface area contributed by atoms with E-state index in [2.05, 4.69) is 29.5 Å². The van der Waals surface area contributed by atoms with Gasteiger partial charge in [-0.3, -0.25) is 0 Å². The van der Waals surface area contributed by atoms with Gasteiger partial charge in [0.2, 0.25) is 0 Å². The van der Waals surface area contributed by atoms with Gasteiger partial charge in [0.1, 0.15) is 0 Å². The van der Waals surface area contributed by atoms with Crippen LogP contribution >= 0.6 is 11.3 Å². The van der Waals surface area contributed by atoms with Gasteiger partial charge in [-0.1, -0.05) is 6.92 Å². The van der Waals surface area contributed by atoms with Crippen LogP contribution in [0.3, 0.4) is 0 Å². The Balaban J connectivity index is 1.96. The largest absolute Gasteiger partial charge is 0.381 e. The van der Waals surface area contributed by atoms with E-state index in [1.165, 1.54) is 25.0 Å². The second kappa shape index (κ2) is 6.47. The van der Waals surface area contributed by atoms with Crippen molar-refractivity contribution in [2.45, 2.75) is 39.2 Å². The number of aryl methyl sites for hydroxylation is 1. The Morgan fingerprint density at radius 2 is 2.29 bits per heavy atom. The summed E-state index contributed by atoms with van der Waals surface area (Å²) in [6.45, 7) is 7.10. The van der Waals surface area contributed by atoms with Crippen LogP contribution < -0.4 is 5.32 Å². The lowest BCUT2D eigenvalue weighted by atomic mass is 9.91. The highest BCUT2D eigenvalue weighted by Gasteiger charge is 2.21. The fraction of sp³-hybridized carbons (Fsp3) is 0.769. The van der Waals surface area contributed by atoms with Crippen molar-refractivity contribution in [1.29, 1.82) is 0 Å². The summed E-state index contributed by atoms with van der Waals surface area (Å²) >= 11 is 1.74. The number of ether oxygens (including phenoxy) is 1. The third-order valence-electron chi connectivity index (χ3n) is 3.35. The summed E-state index contributed by atoms with van der Waals surface area (Å²) in [5.41, 5.74) is 1.22.